The van der Waals surface area contributed by atoms with Crippen LogP contribution in [0.1, 0.15) is 10.4 Å². The van der Waals surface area contributed by atoms with E-state index in [2.05, 4.69) is 56.2 Å². The van der Waals surface area contributed by atoms with Crippen molar-refractivity contribution in [2.75, 3.05) is 6.54 Å². The van der Waals surface area contributed by atoms with Gasteiger partial charge in [-0.05, 0) is 56.9 Å². The second-order valence-electron chi connectivity index (χ2n) is 4.82. The van der Waals surface area contributed by atoms with Gasteiger partial charge in [-0.3, -0.25) is 0 Å². The molecule has 3 nitrogen and oxygen atoms in total. The first-order valence-corrected chi connectivity index (χ1v) is 9.42. The number of hydrogen-bond acceptors (Lipinski definition) is 3. The van der Waals surface area contributed by atoms with Gasteiger partial charge in [-0.25, -0.2) is 4.79 Å². The number of halogens is 1. The number of rotatable bonds is 5. The minimum absolute atomic E-state index is 0.121. The molecule has 114 valence electrons. The van der Waals surface area contributed by atoms with Crippen molar-refractivity contribution in [2.45, 2.75) is 13.0 Å². The highest BCUT2D eigenvalue weighted by molar-refractivity contribution is 9.11. The highest BCUT2D eigenvalue weighted by Gasteiger charge is 2.05. The molecule has 0 atom stereocenters. The molecular weight excluding hydrogens is 380 g/mol. The van der Waals surface area contributed by atoms with Crippen LogP contribution in [0.2, 0.25) is 0 Å². The Morgan fingerprint density at radius 3 is 2.82 bits per heavy atom. The fourth-order valence-corrected chi connectivity index (χ4v) is 4.63. The summed E-state index contributed by atoms with van der Waals surface area (Å²) in [5.41, 5.74) is 1.29. The Morgan fingerprint density at radius 1 is 1.14 bits per heavy atom. The van der Waals surface area contributed by atoms with Crippen molar-refractivity contribution in [1.82, 2.24) is 10.6 Å². The van der Waals surface area contributed by atoms with Gasteiger partial charge in [0.05, 0.1) is 10.3 Å². The minimum atomic E-state index is -0.121. The van der Waals surface area contributed by atoms with Crippen molar-refractivity contribution in [3.63, 3.8) is 0 Å². The van der Waals surface area contributed by atoms with Gasteiger partial charge in [-0.15, -0.1) is 22.7 Å². The van der Waals surface area contributed by atoms with Crippen molar-refractivity contribution in [3.05, 3.63) is 56.0 Å². The van der Waals surface area contributed by atoms with Crippen molar-refractivity contribution >= 4 is 54.7 Å². The largest absolute Gasteiger partial charge is 0.338 e. The number of amides is 2. The minimum Gasteiger partial charge on any atom is -0.338 e. The molecule has 2 amide bonds. The average Bonchev–Trinajstić information content (AvgIpc) is 3.12. The summed E-state index contributed by atoms with van der Waals surface area (Å²) in [7, 11) is 0. The number of urea groups is 1. The molecular formula is C16H15BrN2OS2. The highest BCUT2D eigenvalue weighted by atomic mass is 79.9. The molecule has 3 rings (SSSR count). The lowest BCUT2D eigenvalue weighted by Gasteiger charge is -2.06. The lowest BCUT2D eigenvalue weighted by atomic mass is 10.1. The molecule has 0 fully saturated rings. The van der Waals surface area contributed by atoms with Crippen molar-refractivity contribution < 1.29 is 4.79 Å². The summed E-state index contributed by atoms with van der Waals surface area (Å²) in [4.78, 5) is 12.9. The number of nitrogens with one attached hydrogen (secondary N) is 2. The summed E-state index contributed by atoms with van der Waals surface area (Å²) in [6.07, 6.45) is 0.849. The van der Waals surface area contributed by atoms with E-state index in [4.69, 9.17) is 0 Å². The van der Waals surface area contributed by atoms with Gasteiger partial charge in [-0.1, -0.05) is 18.2 Å². The first kappa shape index (κ1) is 15.5. The van der Waals surface area contributed by atoms with Gasteiger partial charge in [0.1, 0.15) is 0 Å². The molecule has 0 saturated carbocycles. The molecule has 0 aliphatic carbocycles. The molecule has 1 aromatic carbocycles. The molecule has 3 aromatic rings. The second kappa shape index (κ2) is 7.26. The fraction of sp³-hybridized carbons (Fsp3) is 0.188. The van der Waals surface area contributed by atoms with Crippen LogP contribution >= 0.6 is 38.6 Å². The summed E-state index contributed by atoms with van der Waals surface area (Å²) in [5.74, 6) is 0. The molecule has 0 radical (unpaired) electrons. The Bertz CT molecular complexity index is 781. The standard InChI is InChI=1S/C16H15BrN2OS2/c17-15-6-5-12(22-15)9-19-16(20)18-8-7-11-10-21-14-4-2-1-3-13(11)14/h1-6,10H,7-9H2,(H2,18,19,20). The quantitative estimate of drug-likeness (QED) is 0.642. The third kappa shape index (κ3) is 3.88. The molecule has 2 aromatic heterocycles. The normalized spacial score (nSPS) is 10.8. The summed E-state index contributed by atoms with van der Waals surface area (Å²) in [6, 6.07) is 12.2. The number of hydrogen-bond donors (Lipinski definition) is 2. The zero-order chi connectivity index (χ0) is 15.4. The Labute approximate surface area is 145 Å². The predicted octanol–water partition coefficient (Wildman–Crippen LogP) is 4.77. The number of carbonyl (C=O) groups is 1. The van der Waals surface area contributed by atoms with Gasteiger partial charge < -0.3 is 10.6 Å². The summed E-state index contributed by atoms with van der Waals surface area (Å²) >= 11 is 6.79. The van der Waals surface area contributed by atoms with E-state index in [0.717, 1.165) is 15.1 Å². The fourth-order valence-electron chi connectivity index (χ4n) is 2.21. The summed E-state index contributed by atoms with van der Waals surface area (Å²) in [5, 5.41) is 9.25. The average molecular weight is 395 g/mol. The number of thiophene rings is 2. The van der Waals surface area contributed by atoms with Crippen LogP contribution in [0.25, 0.3) is 10.1 Å². The summed E-state index contributed by atoms with van der Waals surface area (Å²) in [6.45, 7) is 1.20. The van der Waals surface area contributed by atoms with E-state index in [0.29, 0.717) is 13.1 Å². The first-order chi connectivity index (χ1) is 10.7. The van der Waals surface area contributed by atoms with E-state index in [1.807, 2.05) is 12.1 Å². The van der Waals surface area contributed by atoms with E-state index in [-0.39, 0.29) is 6.03 Å². The monoisotopic (exact) mass is 394 g/mol. The van der Waals surface area contributed by atoms with Gasteiger partial charge in [0, 0.05) is 16.1 Å². The number of benzene rings is 1. The molecule has 0 aliphatic heterocycles. The van der Waals surface area contributed by atoms with Crippen LogP contribution in [0, 0.1) is 0 Å². The highest BCUT2D eigenvalue weighted by Crippen LogP contribution is 2.25. The Kier molecular flexibility index (Phi) is 5.12. The second-order valence-corrected chi connectivity index (χ2v) is 8.28. The molecule has 2 N–H and O–H groups in total. The van der Waals surface area contributed by atoms with Crippen LogP contribution in [0.4, 0.5) is 4.79 Å². The molecule has 0 bridgehead atoms. The van der Waals surface area contributed by atoms with Gasteiger partial charge >= 0.3 is 6.03 Å². The van der Waals surface area contributed by atoms with Crippen LogP contribution in [-0.4, -0.2) is 12.6 Å². The number of fused-ring (bicyclic) bond motifs is 1. The van der Waals surface area contributed by atoms with Gasteiger partial charge in [0.25, 0.3) is 0 Å². The van der Waals surface area contributed by atoms with Crippen LogP contribution in [0.15, 0.2) is 45.6 Å². The number of carbonyl (C=O) groups excluding carboxylic acids is 1. The van der Waals surface area contributed by atoms with E-state index in [1.165, 1.54) is 15.6 Å². The van der Waals surface area contributed by atoms with E-state index in [9.17, 15) is 4.79 Å². The summed E-state index contributed by atoms with van der Waals surface area (Å²) < 4.78 is 2.37. The van der Waals surface area contributed by atoms with E-state index in [1.54, 1.807) is 22.7 Å². The van der Waals surface area contributed by atoms with Crippen LogP contribution < -0.4 is 10.6 Å². The molecule has 0 saturated heterocycles. The lowest BCUT2D eigenvalue weighted by molar-refractivity contribution is 0.240. The van der Waals surface area contributed by atoms with Gasteiger partial charge in [-0.2, -0.15) is 0 Å². The molecule has 0 unspecified atom stereocenters. The molecule has 6 heteroatoms. The third-order valence-electron chi connectivity index (χ3n) is 3.29. The zero-order valence-electron chi connectivity index (χ0n) is 11.8. The third-order valence-corrected chi connectivity index (χ3v) is 5.93. The Balaban J connectivity index is 1.45. The SMILES string of the molecule is O=C(NCCc1csc2ccccc12)NCc1ccc(Br)s1. The van der Waals surface area contributed by atoms with Gasteiger partial charge in [0.2, 0.25) is 0 Å². The van der Waals surface area contributed by atoms with E-state index >= 15 is 0 Å². The van der Waals surface area contributed by atoms with E-state index < -0.39 is 0 Å². The zero-order valence-corrected chi connectivity index (χ0v) is 15.0. The van der Waals surface area contributed by atoms with Crippen molar-refractivity contribution in [1.29, 1.82) is 0 Å². The van der Waals surface area contributed by atoms with Crippen molar-refractivity contribution in [3.8, 4) is 0 Å². The smallest absolute Gasteiger partial charge is 0.315 e. The molecule has 2 heterocycles. The predicted molar refractivity (Wildman–Crippen MR) is 97.8 cm³/mol. The maximum absolute atomic E-state index is 11.8. The van der Waals surface area contributed by atoms with Gasteiger partial charge in [0.15, 0.2) is 0 Å². The maximum Gasteiger partial charge on any atom is 0.315 e. The van der Waals surface area contributed by atoms with Crippen LogP contribution in [0.5, 0.6) is 0 Å². The van der Waals surface area contributed by atoms with Crippen molar-refractivity contribution in [2.24, 2.45) is 0 Å². The Morgan fingerprint density at radius 2 is 2.00 bits per heavy atom. The maximum atomic E-state index is 11.8. The van der Waals surface area contributed by atoms with Crippen LogP contribution in [0.3, 0.4) is 0 Å². The molecule has 0 spiro atoms. The Hall–Kier alpha value is -1.37. The lowest BCUT2D eigenvalue weighted by Crippen LogP contribution is -2.35. The first-order valence-electron chi connectivity index (χ1n) is 6.93. The molecule has 22 heavy (non-hydrogen) atoms. The van der Waals surface area contributed by atoms with Crippen LogP contribution in [-0.2, 0) is 13.0 Å². The molecule has 0 aliphatic rings. The topological polar surface area (TPSA) is 41.1 Å².